The molecule has 0 N–H and O–H groups in total. The SMILES string of the molecule is COc1cc(Br)cc2c1O[C@@H]1CCCC(=O)C1=C2. The first-order valence-electron chi connectivity index (χ1n) is 5.98. The van der Waals surface area contributed by atoms with E-state index in [0.717, 1.165) is 34.2 Å². The zero-order valence-corrected chi connectivity index (χ0v) is 11.6. The summed E-state index contributed by atoms with van der Waals surface area (Å²) in [6, 6.07) is 3.82. The normalized spacial score (nSPS) is 21.6. The third-order valence-corrected chi connectivity index (χ3v) is 3.84. The highest BCUT2D eigenvalue weighted by atomic mass is 79.9. The Morgan fingerprint density at radius 3 is 3.06 bits per heavy atom. The van der Waals surface area contributed by atoms with Crippen LogP contribution in [-0.2, 0) is 4.79 Å². The number of Topliss-reactive ketones (excluding diaryl/α,β-unsaturated/α-hetero) is 1. The molecule has 1 saturated carbocycles. The predicted octanol–water partition coefficient (Wildman–Crippen LogP) is 3.36. The molecule has 18 heavy (non-hydrogen) atoms. The van der Waals surface area contributed by atoms with Crippen molar-refractivity contribution in [1.29, 1.82) is 0 Å². The van der Waals surface area contributed by atoms with Crippen molar-refractivity contribution in [2.24, 2.45) is 0 Å². The smallest absolute Gasteiger partial charge is 0.169 e. The molecule has 1 aromatic rings. The number of ether oxygens (including phenoxy) is 2. The van der Waals surface area contributed by atoms with Crippen molar-refractivity contribution < 1.29 is 14.3 Å². The molecule has 0 spiro atoms. The molecular formula is C14H13BrO3. The van der Waals surface area contributed by atoms with Crippen LogP contribution in [0, 0.1) is 0 Å². The van der Waals surface area contributed by atoms with Gasteiger partial charge in [0.05, 0.1) is 7.11 Å². The Morgan fingerprint density at radius 2 is 2.28 bits per heavy atom. The van der Waals surface area contributed by atoms with Crippen molar-refractivity contribution in [3.8, 4) is 11.5 Å². The molecule has 0 radical (unpaired) electrons. The lowest BCUT2D eigenvalue weighted by Crippen LogP contribution is -2.31. The fraction of sp³-hybridized carbons (Fsp3) is 0.357. The lowest BCUT2D eigenvalue weighted by atomic mass is 9.87. The fourth-order valence-electron chi connectivity index (χ4n) is 2.51. The summed E-state index contributed by atoms with van der Waals surface area (Å²) in [5, 5.41) is 0. The van der Waals surface area contributed by atoms with Crippen LogP contribution in [0.4, 0.5) is 0 Å². The first-order chi connectivity index (χ1) is 8.69. The highest BCUT2D eigenvalue weighted by molar-refractivity contribution is 9.10. The number of hydrogen-bond acceptors (Lipinski definition) is 3. The molecule has 1 heterocycles. The van der Waals surface area contributed by atoms with Crippen molar-refractivity contribution in [3.05, 3.63) is 27.7 Å². The number of carbonyl (C=O) groups is 1. The van der Waals surface area contributed by atoms with Crippen LogP contribution in [-0.4, -0.2) is 19.0 Å². The Labute approximate surface area is 114 Å². The molecule has 2 aliphatic rings. The minimum atomic E-state index is -0.103. The Bertz CT molecular complexity index is 548. The number of carbonyl (C=O) groups excluding carboxylic acids is 1. The molecule has 4 heteroatoms. The minimum Gasteiger partial charge on any atom is -0.493 e. The summed E-state index contributed by atoms with van der Waals surface area (Å²) < 4.78 is 12.2. The standard InChI is InChI=1S/C14H13BrO3/c1-17-13-7-9(15)5-8-6-10-11(16)3-2-4-12(10)18-14(8)13/h5-7,12H,2-4H2,1H3/t12-/m1/s1. The van der Waals surface area contributed by atoms with Gasteiger partial charge in [0.15, 0.2) is 17.3 Å². The van der Waals surface area contributed by atoms with E-state index >= 15 is 0 Å². The molecular weight excluding hydrogens is 296 g/mol. The molecule has 1 aliphatic heterocycles. The molecule has 3 rings (SSSR count). The van der Waals surface area contributed by atoms with Crippen LogP contribution < -0.4 is 9.47 Å². The third kappa shape index (κ3) is 1.85. The van der Waals surface area contributed by atoms with E-state index in [1.807, 2.05) is 18.2 Å². The van der Waals surface area contributed by atoms with E-state index in [1.54, 1.807) is 7.11 Å². The minimum absolute atomic E-state index is 0.103. The predicted molar refractivity (Wildman–Crippen MR) is 71.9 cm³/mol. The van der Waals surface area contributed by atoms with Gasteiger partial charge in [-0.25, -0.2) is 0 Å². The van der Waals surface area contributed by atoms with Gasteiger partial charge in [-0.15, -0.1) is 0 Å². The van der Waals surface area contributed by atoms with E-state index < -0.39 is 0 Å². The van der Waals surface area contributed by atoms with Crippen LogP contribution in [0.5, 0.6) is 11.5 Å². The van der Waals surface area contributed by atoms with Gasteiger partial charge in [-0.05, 0) is 31.1 Å². The molecule has 0 bridgehead atoms. The largest absolute Gasteiger partial charge is 0.493 e. The van der Waals surface area contributed by atoms with Crippen molar-refractivity contribution in [2.45, 2.75) is 25.4 Å². The summed E-state index contributed by atoms with van der Waals surface area (Å²) in [6.07, 6.45) is 4.27. The van der Waals surface area contributed by atoms with Crippen LogP contribution in [0.1, 0.15) is 24.8 Å². The second kappa shape index (κ2) is 4.43. The van der Waals surface area contributed by atoms with E-state index in [1.165, 1.54) is 0 Å². The number of fused-ring (bicyclic) bond motifs is 2. The number of hydrogen-bond donors (Lipinski definition) is 0. The Hall–Kier alpha value is -1.29. The average molecular weight is 309 g/mol. The van der Waals surface area contributed by atoms with Gasteiger partial charge in [-0.3, -0.25) is 4.79 Å². The van der Waals surface area contributed by atoms with E-state index in [4.69, 9.17) is 9.47 Å². The van der Waals surface area contributed by atoms with Crippen LogP contribution in [0.25, 0.3) is 6.08 Å². The summed E-state index contributed by atoms with van der Waals surface area (Å²) in [5.74, 6) is 1.65. The maximum atomic E-state index is 11.9. The molecule has 1 atom stereocenters. The summed E-state index contributed by atoms with van der Waals surface area (Å²) in [5.41, 5.74) is 1.71. The Morgan fingerprint density at radius 1 is 1.44 bits per heavy atom. The third-order valence-electron chi connectivity index (χ3n) is 3.38. The van der Waals surface area contributed by atoms with E-state index in [9.17, 15) is 4.79 Å². The Kier molecular flexibility index (Phi) is 2.90. The van der Waals surface area contributed by atoms with Crippen molar-refractivity contribution in [1.82, 2.24) is 0 Å². The van der Waals surface area contributed by atoms with E-state index in [2.05, 4.69) is 15.9 Å². The van der Waals surface area contributed by atoms with Gasteiger partial charge >= 0.3 is 0 Å². The van der Waals surface area contributed by atoms with Gasteiger partial charge in [0, 0.05) is 22.0 Å². The number of methoxy groups -OCH3 is 1. The van der Waals surface area contributed by atoms with E-state index in [0.29, 0.717) is 12.2 Å². The van der Waals surface area contributed by atoms with Gasteiger partial charge in [0.1, 0.15) is 6.10 Å². The lowest BCUT2D eigenvalue weighted by molar-refractivity contribution is -0.117. The molecule has 0 aromatic heterocycles. The molecule has 0 amide bonds. The van der Waals surface area contributed by atoms with Gasteiger partial charge in [-0.1, -0.05) is 15.9 Å². The molecule has 1 aromatic carbocycles. The van der Waals surface area contributed by atoms with Crippen molar-refractivity contribution >= 4 is 27.8 Å². The Balaban J connectivity index is 2.13. The monoisotopic (exact) mass is 308 g/mol. The van der Waals surface area contributed by atoms with Gasteiger partial charge in [0.2, 0.25) is 0 Å². The molecule has 1 aliphatic carbocycles. The maximum absolute atomic E-state index is 11.9. The number of benzene rings is 1. The second-order valence-corrected chi connectivity index (χ2v) is 5.46. The summed E-state index contributed by atoms with van der Waals surface area (Å²) in [4.78, 5) is 11.9. The number of rotatable bonds is 1. The summed E-state index contributed by atoms with van der Waals surface area (Å²) in [7, 11) is 1.62. The zero-order valence-electron chi connectivity index (χ0n) is 10.0. The topological polar surface area (TPSA) is 35.5 Å². The molecule has 94 valence electrons. The molecule has 1 fully saturated rings. The fourth-order valence-corrected chi connectivity index (χ4v) is 2.96. The van der Waals surface area contributed by atoms with Crippen molar-refractivity contribution in [3.63, 3.8) is 0 Å². The van der Waals surface area contributed by atoms with Crippen LogP contribution in [0.3, 0.4) is 0 Å². The van der Waals surface area contributed by atoms with Crippen LogP contribution >= 0.6 is 15.9 Å². The second-order valence-electron chi connectivity index (χ2n) is 4.55. The quantitative estimate of drug-likeness (QED) is 0.798. The van der Waals surface area contributed by atoms with Gasteiger partial charge in [-0.2, -0.15) is 0 Å². The van der Waals surface area contributed by atoms with Crippen molar-refractivity contribution in [2.75, 3.05) is 7.11 Å². The number of halogens is 1. The summed E-state index contributed by atoms with van der Waals surface area (Å²) >= 11 is 3.44. The lowest BCUT2D eigenvalue weighted by Gasteiger charge is -2.30. The first kappa shape index (κ1) is 11.8. The number of ketones is 1. The zero-order chi connectivity index (χ0) is 12.7. The average Bonchev–Trinajstić information content (AvgIpc) is 2.36. The maximum Gasteiger partial charge on any atom is 0.169 e. The molecule has 0 unspecified atom stereocenters. The molecule has 3 nitrogen and oxygen atoms in total. The summed E-state index contributed by atoms with van der Waals surface area (Å²) in [6.45, 7) is 0. The molecule has 0 saturated heterocycles. The first-order valence-corrected chi connectivity index (χ1v) is 6.77. The van der Waals surface area contributed by atoms with Gasteiger partial charge in [0.25, 0.3) is 0 Å². The van der Waals surface area contributed by atoms with Crippen LogP contribution in [0.2, 0.25) is 0 Å². The van der Waals surface area contributed by atoms with Crippen LogP contribution in [0.15, 0.2) is 22.2 Å². The van der Waals surface area contributed by atoms with Gasteiger partial charge < -0.3 is 9.47 Å². The highest BCUT2D eigenvalue weighted by Gasteiger charge is 2.32. The highest BCUT2D eigenvalue weighted by Crippen LogP contribution is 2.42. The van der Waals surface area contributed by atoms with E-state index in [-0.39, 0.29) is 11.9 Å².